The molecule has 1 aromatic carbocycles. The van der Waals surface area contributed by atoms with E-state index in [0.717, 1.165) is 22.7 Å². The highest BCUT2D eigenvalue weighted by Gasteiger charge is 2.18. The van der Waals surface area contributed by atoms with Crippen LogP contribution in [0.15, 0.2) is 36.9 Å². The van der Waals surface area contributed by atoms with Crippen molar-refractivity contribution >= 4 is 18.1 Å². The molecule has 0 spiro atoms. The summed E-state index contributed by atoms with van der Waals surface area (Å²) in [6, 6.07) is 8.48. The van der Waals surface area contributed by atoms with Crippen molar-refractivity contribution < 1.29 is 9.69 Å². The molecule has 1 unspecified atom stereocenters. The second-order valence-electron chi connectivity index (χ2n) is 8.47. The highest BCUT2D eigenvalue weighted by molar-refractivity contribution is 7.71. The third-order valence-electron chi connectivity index (χ3n) is 4.70. The van der Waals surface area contributed by atoms with Gasteiger partial charge in [0, 0.05) is 18.7 Å². The molecular weight excluding hydrogens is 382 g/mol. The van der Waals surface area contributed by atoms with Crippen molar-refractivity contribution in [2.75, 3.05) is 20.1 Å². The molecule has 0 aliphatic rings. The fourth-order valence-corrected chi connectivity index (χ4v) is 3.35. The Hall–Kier alpha value is -2.25. The van der Waals surface area contributed by atoms with Crippen LogP contribution in [-0.2, 0) is 23.4 Å². The molecule has 1 heterocycles. The first-order valence-corrected chi connectivity index (χ1v) is 10.6. The van der Waals surface area contributed by atoms with Gasteiger partial charge in [0.15, 0.2) is 19.0 Å². The van der Waals surface area contributed by atoms with Crippen molar-refractivity contribution in [3.8, 4) is 11.4 Å². The van der Waals surface area contributed by atoms with Crippen molar-refractivity contribution in [2.24, 2.45) is 0 Å². The van der Waals surface area contributed by atoms with Gasteiger partial charge in [-0.3, -0.25) is 9.36 Å². The number of likely N-dealkylation sites (N-methyl/N-ethyl adjacent to an activating group) is 1. The van der Waals surface area contributed by atoms with E-state index in [1.54, 1.807) is 4.68 Å². The van der Waals surface area contributed by atoms with Crippen molar-refractivity contribution in [1.29, 1.82) is 0 Å². The van der Waals surface area contributed by atoms with Crippen molar-refractivity contribution in [3.05, 3.63) is 47.3 Å². The Balaban J connectivity index is 2.27. The monoisotopic (exact) mass is 416 g/mol. The maximum absolute atomic E-state index is 12.0. The number of carbonyl (C=O) groups excluding carboxylic acids is 1. The number of benzene rings is 1. The number of nitrogens with zero attached hydrogens (tertiary/aromatic N) is 3. The van der Waals surface area contributed by atoms with Gasteiger partial charge in [0.1, 0.15) is 0 Å². The zero-order valence-corrected chi connectivity index (χ0v) is 19.1. The smallest absolute Gasteiger partial charge is 0.275 e. The molecule has 0 aliphatic heterocycles. The van der Waals surface area contributed by atoms with Gasteiger partial charge >= 0.3 is 0 Å². The second-order valence-corrected chi connectivity index (χ2v) is 8.84. The molecule has 0 saturated heterocycles. The molecule has 158 valence electrons. The van der Waals surface area contributed by atoms with Crippen LogP contribution in [0.2, 0.25) is 0 Å². The summed E-state index contributed by atoms with van der Waals surface area (Å²) < 4.78 is 4.42. The van der Waals surface area contributed by atoms with Crippen LogP contribution in [0.1, 0.15) is 39.7 Å². The van der Waals surface area contributed by atoms with Crippen LogP contribution in [0.5, 0.6) is 0 Å². The van der Waals surface area contributed by atoms with E-state index in [1.807, 2.05) is 24.6 Å². The molecule has 1 aromatic heterocycles. The normalized spacial score (nSPS) is 12.6. The van der Waals surface area contributed by atoms with Crippen molar-refractivity contribution in [2.45, 2.75) is 52.7 Å². The molecule has 0 saturated carbocycles. The zero-order chi connectivity index (χ0) is 21.6. The Morgan fingerprint density at radius 3 is 2.52 bits per heavy atom. The lowest BCUT2D eigenvalue weighted by Gasteiger charge is -2.19. The second kappa shape index (κ2) is 9.98. The van der Waals surface area contributed by atoms with Crippen molar-refractivity contribution in [3.63, 3.8) is 0 Å². The van der Waals surface area contributed by atoms with Gasteiger partial charge in [0.25, 0.3) is 5.91 Å². The number of hydrogen-bond donors (Lipinski definition) is 2. The maximum atomic E-state index is 12.0. The lowest BCUT2D eigenvalue weighted by Crippen LogP contribution is -3.09. The lowest BCUT2D eigenvalue weighted by atomic mass is 9.87. The maximum Gasteiger partial charge on any atom is 0.275 e. The van der Waals surface area contributed by atoms with Gasteiger partial charge in [-0.25, -0.2) is 0 Å². The molecule has 0 radical (unpaired) electrons. The summed E-state index contributed by atoms with van der Waals surface area (Å²) in [6.07, 6.45) is 2.75. The quantitative estimate of drug-likeness (QED) is 0.488. The lowest BCUT2D eigenvalue weighted by molar-refractivity contribution is -0.895. The first kappa shape index (κ1) is 23.0. The molecule has 29 heavy (non-hydrogen) atoms. The predicted molar refractivity (Wildman–Crippen MR) is 120 cm³/mol. The van der Waals surface area contributed by atoms with E-state index in [9.17, 15) is 4.79 Å². The number of hydrogen-bond acceptors (Lipinski definition) is 3. The van der Waals surface area contributed by atoms with E-state index in [1.165, 1.54) is 5.56 Å². The van der Waals surface area contributed by atoms with Gasteiger partial charge in [-0.05, 0) is 29.6 Å². The Morgan fingerprint density at radius 1 is 1.31 bits per heavy atom. The van der Waals surface area contributed by atoms with E-state index in [4.69, 9.17) is 17.3 Å². The summed E-state index contributed by atoms with van der Waals surface area (Å²) in [6.45, 7) is 14.7. The van der Waals surface area contributed by atoms with E-state index < -0.39 is 0 Å². The topological polar surface area (TPSA) is 56.3 Å². The van der Waals surface area contributed by atoms with Crippen LogP contribution in [0.3, 0.4) is 0 Å². The fraction of sp³-hybridized carbons (Fsp3) is 0.500. The summed E-state index contributed by atoms with van der Waals surface area (Å²) in [7, 11) is 1.97. The predicted octanol–water partition coefficient (Wildman–Crippen LogP) is 2.56. The third kappa shape index (κ3) is 6.11. The number of rotatable bonds is 9. The average molecular weight is 417 g/mol. The van der Waals surface area contributed by atoms with Gasteiger partial charge in [-0.15, -0.1) is 11.7 Å². The number of carbonyl (C=O) groups is 1. The van der Waals surface area contributed by atoms with E-state index in [-0.39, 0.29) is 11.3 Å². The summed E-state index contributed by atoms with van der Waals surface area (Å²) in [4.78, 5) is 13.0. The summed E-state index contributed by atoms with van der Waals surface area (Å²) in [5, 5.41) is 7.68. The third-order valence-corrected chi connectivity index (χ3v) is 5.13. The molecule has 2 aromatic rings. The van der Waals surface area contributed by atoms with Gasteiger partial charge in [0.2, 0.25) is 4.77 Å². The first-order chi connectivity index (χ1) is 13.7. The molecule has 1 atom stereocenters. The Kier molecular flexibility index (Phi) is 7.93. The summed E-state index contributed by atoms with van der Waals surface area (Å²) in [5.41, 5.74) is 2.39. The number of aromatic nitrogens is 3. The van der Waals surface area contributed by atoms with Gasteiger partial charge in [0.05, 0.1) is 7.05 Å². The van der Waals surface area contributed by atoms with E-state index in [2.05, 4.69) is 56.9 Å². The molecular formula is C22H34N5OS+. The number of amides is 1. The fourth-order valence-electron chi connectivity index (χ4n) is 3.08. The molecule has 0 bridgehead atoms. The minimum atomic E-state index is 0.0411. The molecule has 2 rings (SSSR count). The highest BCUT2D eigenvalue weighted by atomic mass is 32.1. The molecule has 2 N–H and O–H groups in total. The minimum Gasteiger partial charge on any atom is -0.351 e. The molecule has 0 aliphatic carbocycles. The highest BCUT2D eigenvalue weighted by Crippen LogP contribution is 2.25. The van der Waals surface area contributed by atoms with Gasteiger partial charge in [-0.2, -0.15) is 4.68 Å². The van der Waals surface area contributed by atoms with Crippen LogP contribution >= 0.6 is 12.2 Å². The van der Waals surface area contributed by atoms with Crippen LogP contribution in [-0.4, -0.2) is 40.4 Å². The molecule has 6 nitrogen and oxygen atoms in total. The summed E-state index contributed by atoms with van der Waals surface area (Å²) in [5.74, 6) is 0.859. The van der Waals surface area contributed by atoms with Gasteiger partial charge < -0.3 is 10.2 Å². The molecule has 0 fully saturated rings. The van der Waals surface area contributed by atoms with Crippen LogP contribution < -0.4 is 10.2 Å². The largest absolute Gasteiger partial charge is 0.351 e. The molecule has 7 heteroatoms. The summed E-state index contributed by atoms with van der Waals surface area (Å²) >= 11 is 5.67. The van der Waals surface area contributed by atoms with E-state index in [0.29, 0.717) is 31.1 Å². The van der Waals surface area contributed by atoms with Crippen LogP contribution in [0.25, 0.3) is 11.4 Å². The first-order valence-electron chi connectivity index (χ1n) is 10.1. The standard InChI is InChI=1S/C22H33N5OS/c1-7-13-23-19(28)15-25(6)16-27-21(29)26(14-8-2)20(24-27)17-9-11-18(12-10-17)22(3,4)5/h8-12H,2,7,13-16H2,1,3-6H3,(H,23,28)/p+1. The SMILES string of the molecule is C=CCn1c(-c2ccc(C(C)(C)C)cc2)nn(C[NH+](C)CC(=O)NCCC)c1=S. The Labute approximate surface area is 179 Å². The minimum absolute atomic E-state index is 0.0411. The van der Waals surface area contributed by atoms with Gasteiger partial charge in [-0.1, -0.05) is 58.0 Å². The zero-order valence-electron chi connectivity index (χ0n) is 18.3. The van der Waals surface area contributed by atoms with E-state index >= 15 is 0 Å². The average Bonchev–Trinajstić information content (AvgIpc) is 2.95. The number of nitrogens with one attached hydrogen (secondary N) is 2. The number of quaternary nitrogens is 1. The Bertz CT molecular complexity index is 889. The Morgan fingerprint density at radius 2 is 1.97 bits per heavy atom. The molecule has 1 amide bonds. The number of allylic oxidation sites excluding steroid dienone is 1. The van der Waals surface area contributed by atoms with Crippen LogP contribution in [0, 0.1) is 4.77 Å². The van der Waals surface area contributed by atoms with Crippen molar-refractivity contribution in [1.82, 2.24) is 19.7 Å². The van der Waals surface area contributed by atoms with Crippen LogP contribution in [0.4, 0.5) is 0 Å².